The van der Waals surface area contributed by atoms with Crippen molar-refractivity contribution in [1.82, 2.24) is 4.98 Å². The Labute approximate surface area is 65.5 Å². The Bertz CT molecular complexity index is 201. The molecule has 0 unspecified atom stereocenters. The second-order valence-electron chi connectivity index (χ2n) is 1.91. The molecule has 1 aromatic heterocycles. The summed E-state index contributed by atoms with van der Waals surface area (Å²) in [5, 5.41) is 8.34. The Morgan fingerprint density at radius 3 is 2.73 bits per heavy atom. The van der Waals surface area contributed by atoms with Crippen molar-refractivity contribution in [2.75, 3.05) is 0 Å². The molecule has 0 aliphatic heterocycles. The highest BCUT2D eigenvalue weighted by Crippen LogP contribution is 2.06. The summed E-state index contributed by atoms with van der Waals surface area (Å²) >= 11 is 0. The first-order chi connectivity index (χ1) is 4.83. The van der Waals surface area contributed by atoms with Crippen molar-refractivity contribution >= 4 is 7.69 Å². The smallest absolute Gasteiger partial charge is 0.504 e. The van der Waals surface area contributed by atoms with Crippen molar-refractivity contribution in [3.05, 3.63) is 24.0 Å². The molecule has 0 amide bonds. The van der Waals surface area contributed by atoms with Gasteiger partial charge in [-0.1, -0.05) is 0 Å². The van der Waals surface area contributed by atoms with Gasteiger partial charge in [-0.2, -0.15) is 0 Å². The maximum Gasteiger partial charge on any atom is 0.504 e. The van der Waals surface area contributed by atoms with Crippen LogP contribution in [0.4, 0.5) is 0 Å². The molecule has 0 radical (unpaired) electrons. The molecule has 0 spiro atoms. The number of nitrogens with zero attached hydrogens (tertiary/aromatic N) is 1. The van der Waals surface area contributed by atoms with Crippen LogP contribution in [0.5, 0.6) is 5.75 Å². The van der Waals surface area contributed by atoms with Crippen LogP contribution in [-0.2, 0) is 0 Å². The van der Waals surface area contributed by atoms with Crippen LogP contribution < -0.4 is 4.65 Å². The first-order valence-corrected chi connectivity index (χ1v) is 2.99. The van der Waals surface area contributed by atoms with Gasteiger partial charge in [-0.3, -0.25) is 4.98 Å². The summed E-state index contributed by atoms with van der Waals surface area (Å²) in [7, 11) is -0.301. The topological polar surface area (TPSA) is 73.8 Å². The quantitative estimate of drug-likeness (QED) is 0.568. The third-order valence-corrected chi connectivity index (χ3v) is 1.12. The average Bonchev–Trinajstić information content (AvgIpc) is 1.95. The van der Waals surface area contributed by atoms with Crippen molar-refractivity contribution < 1.29 is 15.2 Å². The van der Waals surface area contributed by atoms with Gasteiger partial charge in [0.2, 0.25) is 0 Å². The summed E-state index contributed by atoms with van der Waals surface area (Å²) in [6.07, 6.45) is 1.57. The predicted molar refractivity (Wildman–Crippen MR) is 42.6 cm³/mol. The van der Waals surface area contributed by atoms with Crippen LogP contribution in [0.3, 0.4) is 0 Å². The minimum Gasteiger partial charge on any atom is -0.538 e. The van der Waals surface area contributed by atoms with E-state index in [4.69, 9.17) is 9.68 Å². The highest BCUT2D eigenvalue weighted by Gasteiger charge is 1.91. The molecule has 0 saturated heterocycles. The van der Waals surface area contributed by atoms with Gasteiger partial charge < -0.3 is 15.2 Å². The molecule has 1 aromatic rings. The van der Waals surface area contributed by atoms with E-state index in [-0.39, 0.29) is 13.2 Å². The number of rotatable bonds is 2. The van der Waals surface area contributed by atoms with Crippen LogP contribution in [0.25, 0.3) is 0 Å². The van der Waals surface area contributed by atoms with E-state index in [2.05, 4.69) is 4.98 Å². The largest absolute Gasteiger partial charge is 0.538 e. The molecule has 0 aliphatic carbocycles. The third kappa shape index (κ3) is 3.02. The van der Waals surface area contributed by atoms with Crippen LogP contribution in [0, 0.1) is 6.92 Å². The number of aryl methyl sites for hydroxylation is 1. The molecule has 1 heterocycles. The standard InChI is InChI=1S/C6H8BNO2.H2O/c1-5-2-3-6(4-8-5)10-7-9;/h2-4,7,9H,1H3;1H2. The molecule has 60 valence electrons. The lowest BCUT2D eigenvalue weighted by Crippen LogP contribution is -1.99. The molecule has 0 atom stereocenters. The van der Waals surface area contributed by atoms with E-state index in [0.717, 1.165) is 5.69 Å². The summed E-state index contributed by atoms with van der Waals surface area (Å²) in [6.45, 7) is 1.89. The van der Waals surface area contributed by atoms with Gasteiger partial charge in [0.15, 0.2) is 0 Å². The van der Waals surface area contributed by atoms with E-state index in [1.54, 1.807) is 12.3 Å². The van der Waals surface area contributed by atoms with Gasteiger partial charge in [-0.25, -0.2) is 0 Å². The lowest BCUT2D eigenvalue weighted by Gasteiger charge is -1.99. The minimum atomic E-state index is -0.301. The second kappa shape index (κ2) is 4.70. The molecule has 0 aromatic carbocycles. The molecule has 0 fully saturated rings. The number of hydrogen-bond donors (Lipinski definition) is 1. The molecule has 11 heavy (non-hydrogen) atoms. The number of hydrogen-bond acceptors (Lipinski definition) is 3. The Balaban J connectivity index is 0.000001000. The van der Waals surface area contributed by atoms with E-state index in [0.29, 0.717) is 5.75 Å². The maximum absolute atomic E-state index is 8.34. The summed E-state index contributed by atoms with van der Waals surface area (Å²) in [4.78, 5) is 3.96. The monoisotopic (exact) mass is 155 g/mol. The second-order valence-corrected chi connectivity index (χ2v) is 1.91. The lowest BCUT2D eigenvalue weighted by molar-refractivity contribution is 0.452. The normalized spacial score (nSPS) is 8.18. The summed E-state index contributed by atoms with van der Waals surface area (Å²) in [6, 6.07) is 3.59. The highest BCUT2D eigenvalue weighted by molar-refractivity contribution is 6.17. The third-order valence-electron chi connectivity index (χ3n) is 1.12. The summed E-state index contributed by atoms with van der Waals surface area (Å²) < 4.78 is 4.75. The van der Waals surface area contributed by atoms with E-state index < -0.39 is 0 Å². The van der Waals surface area contributed by atoms with E-state index in [9.17, 15) is 0 Å². The molecule has 0 bridgehead atoms. The van der Waals surface area contributed by atoms with Crippen molar-refractivity contribution in [3.8, 4) is 5.75 Å². The van der Waals surface area contributed by atoms with Gasteiger partial charge in [0.05, 0.1) is 6.20 Å². The molecule has 1 rings (SSSR count). The van der Waals surface area contributed by atoms with Gasteiger partial charge in [0.1, 0.15) is 5.75 Å². The van der Waals surface area contributed by atoms with Gasteiger partial charge in [0.25, 0.3) is 0 Å². The van der Waals surface area contributed by atoms with Crippen LogP contribution in [0.15, 0.2) is 18.3 Å². The first kappa shape index (κ1) is 9.93. The molecule has 0 aliphatic rings. The van der Waals surface area contributed by atoms with E-state index in [1.165, 1.54) is 0 Å². The first-order valence-electron chi connectivity index (χ1n) is 2.99. The van der Waals surface area contributed by atoms with Gasteiger partial charge in [-0.15, -0.1) is 0 Å². The molecule has 4 nitrogen and oxygen atoms in total. The summed E-state index contributed by atoms with van der Waals surface area (Å²) in [5.74, 6) is 0.591. The average molecular weight is 155 g/mol. The fourth-order valence-electron chi connectivity index (χ4n) is 0.614. The Morgan fingerprint density at radius 1 is 1.55 bits per heavy atom. The van der Waals surface area contributed by atoms with Gasteiger partial charge in [-0.05, 0) is 19.1 Å². The van der Waals surface area contributed by atoms with Crippen molar-refractivity contribution in [3.63, 3.8) is 0 Å². The van der Waals surface area contributed by atoms with Crippen LogP contribution in [-0.4, -0.2) is 23.2 Å². The van der Waals surface area contributed by atoms with Gasteiger partial charge >= 0.3 is 7.69 Å². The van der Waals surface area contributed by atoms with Gasteiger partial charge in [0, 0.05) is 5.69 Å². The number of aromatic nitrogens is 1. The maximum atomic E-state index is 8.34. The molecular formula is C6H10BNO3. The molecule has 0 saturated carbocycles. The zero-order chi connectivity index (χ0) is 7.40. The highest BCUT2D eigenvalue weighted by atomic mass is 16.5. The van der Waals surface area contributed by atoms with Crippen molar-refractivity contribution in [2.45, 2.75) is 6.92 Å². The fraction of sp³-hybridized carbons (Fsp3) is 0.167. The van der Waals surface area contributed by atoms with Crippen LogP contribution >= 0.6 is 0 Å². The lowest BCUT2D eigenvalue weighted by atomic mass is 10.3. The molecular weight excluding hydrogens is 145 g/mol. The number of pyridine rings is 1. The van der Waals surface area contributed by atoms with E-state index >= 15 is 0 Å². The Kier molecular flexibility index (Phi) is 4.25. The molecule has 5 heteroatoms. The van der Waals surface area contributed by atoms with Crippen LogP contribution in [0.1, 0.15) is 5.69 Å². The summed E-state index contributed by atoms with van der Waals surface area (Å²) in [5.41, 5.74) is 0.935. The van der Waals surface area contributed by atoms with Crippen molar-refractivity contribution in [2.24, 2.45) is 0 Å². The Hall–Kier alpha value is -1.07. The fourth-order valence-corrected chi connectivity index (χ4v) is 0.614. The zero-order valence-corrected chi connectivity index (χ0v) is 6.24. The zero-order valence-electron chi connectivity index (χ0n) is 6.24. The van der Waals surface area contributed by atoms with Crippen LogP contribution in [0.2, 0.25) is 0 Å². The molecule has 3 N–H and O–H groups in total. The van der Waals surface area contributed by atoms with Crippen molar-refractivity contribution in [1.29, 1.82) is 0 Å². The van der Waals surface area contributed by atoms with E-state index in [1.807, 2.05) is 13.0 Å². The predicted octanol–water partition coefficient (Wildman–Crippen LogP) is -0.797. The minimum absolute atomic E-state index is 0. The Morgan fingerprint density at radius 2 is 2.27 bits per heavy atom. The SMILES string of the molecule is Cc1ccc(OBO)cn1.O.